The Morgan fingerprint density at radius 2 is 1.96 bits per heavy atom. The van der Waals surface area contributed by atoms with Crippen molar-refractivity contribution < 1.29 is 31.6 Å². The SMILES string of the molecule is O=C(ONC1CC1c1ccc(-c2ccc(F)cc2F)nc1)C(F)(F)F. The standard InChI is InChI=1S/C16H11F5N2O2/c17-9-2-3-10(12(18)5-9)13-4-1-8(7-22-13)11-6-14(11)23-25-15(24)16(19,20)21/h1-5,7,11,14,23H,6H2. The summed E-state index contributed by atoms with van der Waals surface area (Å²) in [7, 11) is 0. The monoisotopic (exact) mass is 358 g/mol. The van der Waals surface area contributed by atoms with Gasteiger partial charge in [-0.25, -0.2) is 13.6 Å². The summed E-state index contributed by atoms with van der Waals surface area (Å²) in [4.78, 5) is 18.7. The van der Waals surface area contributed by atoms with Crippen molar-refractivity contribution in [1.82, 2.24) is 10.5 Å². The van der Waals surface area contributed by atoms with Crippen LogP contribution in [-0.2, 0) is 9.63 Å². The minimum absolute atomic E-state index is 0.137. The van der Waals surface area contributed by atoms with Gasteiger partial charge >= 0.3 is 12.1 Å². The molecule has 1 aliphatic rings. The Bertz CT molecular complexity index is 792. The Hall–Kier alpha value is -2.55. The van der Waals surface area contributed by atoms with Crippen molar-refractivity contribution in [3.8, 4) is 11.3 Å². The van der Waals surface area contributed by atoms with E-state index in [0.717, 1.165) is 12.1 Å². The number of hydroxylamine groups is 1. The van der Waals surface area contributed by atoms with Gasteiger partial charge in [-0.1, -0.05) is 6.07 Å². The molecule has 0 bridgehead atoms. The summed E-state index contributed by atoms with van der Waals surface area (Å²) in [6.07, 6.45) is -3.13. The molecule has 2 unspecified atom stereocenters. The minimum atomic E-state index is -5.06. The van der Waals surface area contributed by atoms with E-state index in [2.05, 4.69) is 15.3 Å². The molecule has 0 saturated heterocycles. The molecule has 1 heterocycles. The van der Waals surface area contributed by atoms with E-state index in [1.807, 2.05) is 0 Å². The molecule has 0 aliphatic heterocycles. The van der Waals surface area contributed by atoms with Crippen molar-refractivity contribution in [2.45, 2.75) is 24.6 Å². The van der Waals surface area contributed by atoms with Crippen LogP contribution >= 0.6 is 0 Å². The van der Waals surface area contributed by atoms with Gasteiger partial charge in [0.15, 0.2) is 0 Å². The predicted molar refractivity (Wildman–Crippen MR) is 76.0 cm³/mol. The molecule has 0 radical (unpaired) electrons. The molecule has 9 heteroatoms. The third-order valence-electron chi connectivity index (χ3n) is 3.75. The highest BCUT2D eigenvalue weighted by atomic mass is 19.4. The molecular weight excluding hydrogens is 347 g/mol. The molecule has 132 valence electrons. The average Bonchev–Trinajstić information content (AvgIpc) is 3.31. The van der Waals surface area contributed by atoms with Crippen molar-refractivity contribution in [3.63, 3.8) is 0 Å². The van der Waals surface area contributed by atoms with E-state index < -0.39 is 29.8 Å². The first-order valence-corrected chi connectivity index (χ1v) is 7.20. The lowest BCUT2D eigenvalue weighted by molar-refractivity contribution is -0.207. The zero-order valence-corrected chi connectivity index (χ0v) is 12.5. The highest BCUT2D eigenvalue weighted by Crippen LogP contribution is 2.41. The summed E-state index contributed by atoms with van der Waals surface area (Å²) in [6, 6.07) is 5.86. The van der Waals surface area contributed by atoms with Crippen LogP contribution in [0.15, 0.2) is 36.5 Å². The number of alkyl halides is 3. The number of halogens is 5. The molecule has 1 aliphatic carbocycles. The maximum Gasteiger partial charge on any atom is 0.492 e. The second-order valence-corrected chi connectivity index (χ2v) is 5.55. The fraction of sp³-hybridized carbons (Fsp3) is 0.250. The zero-order valence-electron chi connectivity index (χ0n) is 12.5. The third kappa shape index (κ3) is 3.93. The molecule has 2 atom stereocenters. The van der Waals surface area contributed by atoms with Crippen LogP contribution in [0.25, 0.3) is 11.3 Å². The molecule has 1 N–H and O–H groups in total. The van der Waals surface area contributed by atoms with Crippen molar-refractivity contribution in [1.29, 1.82) is 0 Å². The van der Waals surface area contributed by atoms with Gasteiger partial charge in [0.1, 0.15) is 11.6 Å². The second-order valence-electron chi connectivity index (χ2n) is 5.55. The van der Waals surface area contributed by atoms with Gasteiger partial charge in [-0.05, 0) is 30.2 Å². The number of hydrogen-bond donors (Lipinski definition) is 1. The summed E-state index contributed by atoms with van der Waals surface area (Å²) >= 11 is 0. The van der Waals surface area contributed by atoms with Crippen LogP contribution in [-0.4, -0.2) is 23.2 Å². The van der Waals surface area contributed by atoms with Gasteiger partial charge in [-0.15, -0.1) is 5.48 Å². The lowest BCUT2D eigenvalue weighted by Gasteiger charge is -2.08. The third-order valence-corrected chi connectivity index (χ3v) is 3.75. The quantitative estimate of drug-likeness (QED) is 0.672. The minimum Gasteiger partial charge on any atom is -0.363 e. The molecule has 2 aromatic rings. The molecule has 0 amide bonds. The summed E-state index contributed by atoms with van der Waals surface area (Å²) < 4.78 is 62.7. The average molecular weight is 358 g/mol. The highest BCUT2D eigenvalue weighted by molar-refractivity contribution is 5.75. The first-order chi connectivity index (χ1) is 11.8. The van der Waals surface area contributed by atoms with Gasteiger partial charge in [0.25, 0.3) is 0 Å². The summed E-state index contributed by atoms with van der Waals surface area (Å²) in [5.41, 5.74) is 3.21. The van der Waals surface area contributed by atoms with E-state index in [-0.39, 0.29) is 11.5 Å². The number of nitrogens with one attached hydrogen (secondary N) is 1. The first kappa shape index (κ1) is 17.3. The highest BCUT2D eigenvalue weighted by Gasteiger charge is 2.45. The molecule has 1 fully saturated rings. The van der Waals surface area contributed by atoms with E-state index >= 15 is 0 Å². The van der Waals surface area contributed by atoms with Gasteiger partial charge in [0.05, 0.1) is 11.7 Å². The topological polar surface area (TPSA) is 51.2 Å². The number of pyridine rings is 1. The maximum absolute atomic E-state index is 13.7. The van der Waals surface area contributed by atoms with Crippen molar-refractivity contribution >= 4 is 5.97 Å². The van der Waals surface area contributed by atoms with E-state index in [0.29, 0.717) is 17.7 Å². The molecule has 1 saturated carbocycles. The van der Waals surface area contributed by atoms with Gasteiger partial charge in [0.2, 0.25) is 0 Å². The van der Waals surface area contributed by atoms with Crippen LogP contribution in [0.1, 0.15) is 17.9 Å². The lowest BCUT2D eigenvalue weighted by atomic mass is 10.1. The van der Waals surface area contributed by atoms with Crippen molar-refractivity contribution in [3.05, 3.63) is 53.7 Å². The molecule has 1 aromatic heterocycles. The smallest absolute Gasteiger partial charge is 0.363 e. The number of nitrogens with zero attached hydrogens (tertiary/aromatic N) is 1. The van der Waals surface area contributed by atoms with Crippen LogP contribution in [0.2, 0.25) is 0 Å². The van der Waals surface area contributed by atoms with Crippen LogP contribution in [0.4, 0.5) is 22.0 Å². The van der Waals surface area contributed by atoms with Crippen LogP contribution in [0, 0.1) is 11.6 Å². The number of benzene rings is 1. The fourth-order valence-corrected chi connectivity index (χ4v) is 2.36. The normalized spacial score (nSPS) is 19.6. The largest absolute Gasteiger partial charge is 0.492 e. The number of carbonyl (C=O) groups is 1. The Labute approximate surface area is 138 Å². The van der Waals surface area contributed by atoms with E-state index in [1.54, 1.807) is 6.07 Å². The summed E-state index contributed by atoms with van der Waals surface area (Å²) in [6.45, 7) is 0. The molecule has 25 heavy (non-hydrogen) atoms. The number of hydrogen-bond acceptors (Lipinski definition) is 4. The van der Waals surface area contributed by atoms with Crippen LogP contribution in [0.3, 0.4) is 0 Å². The Morgan fingerprint density at radius 3 is 2.56 bits per heavy atom. The molecule has 0 spiro atoms. The second kappa shape index (κ2) is 6.40. The maximum atomic E-state index is 13.7. The molecule has 3 rings (SSSR count). The number of aromatic nitrogens is 1. The summed E-state index contributed by atoms with van der Waals surface area (Å²) in [5, 5.41) is 0. The Morgan fingerprint density at radius 1 is 1.20 bits per heavy atom. The van der Waals surface area contributed by atoms with Gasteiger partial charge in [-0.3, -0.25) is 4.98 Å². The van der Waals surface area contributed by atoms with Crippen molar-refractivity contribution in [2.75, 3.05) is 0 Å². The van der Waals surface area contributed by atoms with Gasteiger partial charge < -0.3 is 4.84 Å². The first-order valence-electron chi connectivity index (χ1n) is 7.20. The molecule has 1 aromatic carbocycles. The summed E-state index contributed by atoms with van der Waals surface area (Å²) in [5.74, 6) is -3.91. The fourth-order valence-electron chi connectivity index (χ4n) is 2.36. The Kier molecular flexibility index (Phi) is 4.42. The Balaban J connectivity index is 1.62. The molecular formula is C16H11F5N2O2. The van der Waals surface area contributed by atoms with Crippen molar-refractivity contribution in [2.24, 2.45) is 0 Å². The van der Waals surface area contributed by atoms with Gasteiger partial charge in [0, 0.05) is 23.7 Å². The number of rotatable bonds is 4. The predicted octanol–water partition coefficient (Wildman–Crippen LogP) is 3.49. The van der Waals surface area contributed by atoms with E-state index in [9.17, 15) is 26.7 Å². The van der Waals surface area contributed by atoms with E-state index in [4.69, 9.17) is 0 Å². The van der Waals surface area contributed by atoms with Crippen LogP contribution < -0.4 is 5.48 Å². The van der Waals surface area contributed by atoms with Crippen LogP contribution in [0.5, 0.6) is 0 Å². The van der Waals surface area contributed by atoms with Gasteiger partial charge in [-0.2, -0.15) is 13.2 Å². The number of carbonyl (C=O) groups excluding carboxylic acids is 1. The lowest BCUT2D eigenvalue weighted by Crippen LogP contribution is -2.32. The van der Waals surface area contributed by atoms with E-state index in [1.165, 1.54) is 18.3 Å². The molecule has 4 nitrogen and oxygen atoms in total. The zero-order chi connectivity index (χ0) is 18.2.